The first-order valence-electron chi connectivity index (χ1n) is 5.67. The maximum absolute atomic E-state index is 11.9. The topological polar surface area (TPSA) is 38.7 Å². The minimum atomic E-state index is -0.910. The zero-order valence-electron chi connectivity index (χ0n) is 11.2. The lowest BCUT2D eigenvalue weighted by Crippen LogP contribution is -2.10. The van der Waals surface area contributed by atoms with Crippen LogP contribution in [0.1, 0.15) is 25.0 Å². The van der Waals surface area contributed by atoms with Gasteiger partial charge in [-0.05, 0) is 31.9 Å². The van der Waals surface area contributed by atoms with Gasteiger partial charge >= 0.3 is 0 Å². The van der Waals surface area contributed by atoms with Crippen LogP contribution < -0.4 is 0 Å². The van der Waals surface area contributed by atoms with Crippen molar-refractivity contribution in [2.75, 3.05) is 19.8 Å². The average Bonchev–Trinajstić information content (AvgIpc) is 2.27. The molecule has 0 amide bonds. The van der Waals surface area contributed by atoms with Gasteiger partial charge in [0.1, 0.15) is 5.75 Å². The highest BCUT2D eigenvalue weighted by Crippen LogP contribution is 2.19. The number of aryl methyl sites for hydroxylation is 1. The molecule has 0 aliphatic rings. The summed E-state index contributed by atoms with van der Waals surface area (Å²) in [5.74, 6) is 0.647. The second-order valence-corrected chi connectivity index (χ2v) is 5.86. The predicted molar refractivity (Wildman–Crippen MR) is 74.0 cm³/mol. The van der Waals surface area contributed by atoms with Gasteiger partial charge in [0.25, 0.3) is 0 Å². The fourth-order valence-electron chi connectivity index (χ4n) is 1.58. The van der Waals surface area contributed by atoms with E-state index in [1.54, 1.807) is 5.01 Å². The van der Waals surface area contributed by atoms with Crippen molar-refractivity contribution in [3.05, 3.63) is 29.3 Å². The van der Waals surface area contributed by atoms with Gasteiger partial charge in [0.05, 0.1) is 5.71 Å². The van der Waals surface area contributed by atoms with Crippen LogP contribution >= 0.6 is 0 Å². The first-order chi connectivity index (χ1) is 7.95. The molecule has 1 aromatic carbocycles. The summed E-state index contributed by atoms with van der Waals surface area (Å²) < 4.78 is 11.9. The molecule has 4 heteroatoms. The highest BCUT2D eigenvalue weighted by atomic mass is 32.2. The van der Waals surface area contributed by atoms with Crippen molar-refractivity contribution >= 4 is 16.9 Å². The van der Waals surface area contributed by atoms with E-state index >= 15 is 0 Å². The standard InChI is InChI=1S/C13H20N2OS/c1-6-17(16)13-9-12(8-7-10(13)2)11(3)14-15(4)5/h7-9H,6H2,1-5H3/b14-11+. The van der Waals surface area contributed by atoms with Gasteiger partial charge < -0.3 is 9.56 Å². The van der Waals surface area contributed by atoms with Crippen molar-refractivity contribution in [1.82, 2.24) is 5.01 Å². The first kappa shape index (κ1) is 14.1. The molecule has 0 bridgehead atoms. The summed E-state index contributed by atoms with van der Waals surface area (Å²) in [5.41, 5.74) is 3.04. The van der Waals surface area contributed by atoms with Crippen LogP contribution in [0.5, 0.6) is 0 Å². The zero-order chi connectivity index (χ0) is 13.0. The Kier molecular flexibility index (Phi) is 5.02. The third kappa shape index (κ3) is 3.75. The maximum atomic E-state index is 11.9. The Bertz CT molecular complexity index is 416. The quantitative estimate of drug-likeness (QED) is 0.469. The molecule has 0 spiro atoms. The number of benzene rings is 1. The molecule has 3 nitrogen and oxygen atoms in total. The predicted octanol–water partition coefficient (Wildman–Crippen LogP) is 2.41. The third-order valence-corrected chi connectivity index (χ3v) is 3.92. The lowest BCUT2D eigenvalue weighted by molar-refractivity contribution is 0.438. The Hall–Kier alpha value is -1.00. The minimum absolute atomic E-state index is 0.647. The maximum Gasteiger partial charge on any atom is 0.156 e. The summed E-state index contributed by atoms with van der Waals surface area (Å²) in [6.45, 7) is 5.89. The molecule has 0 aromatic heterocycles. The number of hydrogen-bond acceptors (Lipinski definition) is 3. The number of nitrogens with zero attached hydrogens (tertiary/aromatic N) is 2. The van der Waals surface area contributed by atoms with Gasteiger partial charge in [0.2, 0.25) is 0 Å². The van der Waals surface area contributed by atoms with E-state index in [9.17, 15) is 4.55 Å². The lowest BCUT2D eigenvalue weighted by Gasteiger charge is -2.13. The SMILES string of the molecule is CC[S+]([O-])c1cc(/C(C)=N/N(C)C)ccc1C. The first-order valence-corrected chi connectivity index (χ1v) is 6.99. The summed E-state index contributed by atoms with van der Waals surface area (Å²) in [4.78, 5) is 0.915. The van der Waals surface area contributed by atoms with Crippen molar-refractivity contribution in [2.45, 2.75) is 25.7 Å². The van der Waals surface area contributed by atoms with E-state index in [4.69, 9.17) is 0 Å². The van der Waals surface area contributed by atoms with Gasteiger partial charge in [-0.15, -0.1) is 0 Å². The molecule has 0 radical (unpaired) electrons. The molecule has 1 atom stereocenters. The van der Waals surface area contributed by atoms with Crippen LogP contribution in [-0.2, 0) is 11.2 Å². The Morgan fingerprint density at radius 2 is 2.06 bits per heavy atom. The fourth-order valence-corrected chi connectivity index (χ4v) is 2.58. The van der Waals surface area contributed by atoms with Gasteiger partial charge in [-0.2, -0.15) is 5.10 Å². The van der Waals surface area contributed by atoms with E-state index in [0.29, 0.717) is 5.75 Å². The zero-order valence-corrected chi connectivity index (χ0v) is 12.0. The largest absolute Gasteiger partial charge is 0.611 e. The van der Waals surface area contributed by atoms with Crippen molar-refractivity contribution in [1.29, 1.82) is 0 Å². The van der Waals surface area contributed by atoms with Gasteiger partial charge in [-0.3, -0.25) is 0 Å². The van der Waals surface area contributed by atoms with E-state index in [1.807, 2.05) is 53.1 Å². The highest BCUT2D eigenvalue weighted by Gasteiger charge is 2.13. The van der Waals surface area contributed by atoms with Gasteiger partial charge in [0, 0.05) is 31.3 Å². The van der Waals surface area contributed by atoms with Crippen LogP contribution in [-0.4, -0.2) is 35.1 Å². The van der Waals surface area contributed by atoms with Crippen molar-refractivity contribution in [3.63, 3.8) is 0 Å². The second kappa shape index (κ2) is 6.07. The van der Waals surface area contributed by atoms with Gasteiger partial charge in [0.15, 0.2) is 4.90 Å². The summed E-state index contributed by atoms with van der Waals surface area (Å²) in [6, 6.07) is 6.01. The Morgan fingerprint density at radius 1 is 1.41 bits per heavy atom. The average molecular weight is 252 g/mol. The molecule has 0 heterocycles. The van der Waals surface area contributed by atoms with Crippen LogP contribution in [0.3, 0.4) is 0 Å². The van der Waals surface area contributed by atoms with Crippen molar-refractivity contribution in [2.24, 2.45) is 5.10 Å². The molecule has 1 aromatic rings. The molecule has 94 valence electrons. The van der Waals surface area contributed by atoms with E-state index in [-0.39, 0.29) is 0 Å². The minimum Gasteiger partial charge on any atom is -0.611 e. The summed E-state index contributed by atoms with van der Waals surface area (Å²) in [7, 11) is 3.78. The van der Waals surface area contributed by atoms with Gasteiger partial charge in [-0.25, -0.2) is 0 Å². The Morgan fingerprint density at radius 3 is 2.59 bits per heavy atom. The normalized spacial score (nSPS) is 13.6. The number of hydrogen-bond donors (Lipinski definition) is 0. The van der Waals surface area contributed by atoms with Crippen LogP contribution in [0.25, 0.3) is 0 Å². The Balaban J connectivity index is 3.12. The lowest BCUT2D eigenvalue weighted by atomic mass is 10.1. The number of hydrazone groups is 1. The summed E-state index contributed by atoms with van der Waals surface area (Å²) in [5, 5.41) is 6.12. The van der Waals surface area contributed by atoms with Crippen molar-refractivity contribution < 1.29 is 4.55 Å². The van der Waals surface area contributed by atoms with E-state index in [1.165, 1.54) is 0 Å². The van der Waals surface area contributed by atoms with E-state index in [0.717, 1.165) is 21.7 Å². The van der Waals surface area contributed by atoms with Crippen molar-refractivity contribution in [3.8, 4) is 0 Å². The molecule has 0 aliphatic carbocycles. The van der Waals surface area contributed by atoms with Crippen LogP contribution in [0, 0.1) is 6.92 Å². The Labute approximate surface area is 107 Å². The van der Waals surface area contributed by atoms with Crippen LogP contribution in [0.2, 0.25) is 0 Å². The molecule has 0 saturated heterocycles. The molecule has 1 unspecified atom stereocenters. The molecule has 0 fully saturated rings. The molecular weight excluding hydrogens is 232 g/mol. The molecule has 0 N–H and O–H groups in total. The molecule has 1 rings (SSSR count). The molecule has 0 saturated carbocycles. The van der Waals surface area contributed by atoms with E-state index < -0.39 is 11.2 Å². The van der Waals surface area contributed by atoms with Crippen LogP contribution in [0.15, 0.2) is 28.2 Å². The fraction of sp³-hybridized carbons (Fsp3) is 0.462. The van der Waals surface area contributed by atoms with Crippen LogP contribution in [0.4, 0.5) is 0 Å². The molecule has 17 heavy (non-hydrogen) atoms. The monoisotopic (exact) mass is 252 g/mol. The smallest absolute Gasteiger partial charge is 0.156 e. The third-order valence-electron chi connectivity index (χ3n) is 2.46. The second-order valence-electron chi connectivity index (χ2n) is 4.15. The van der Waals surface area contributed by atoms with Gasteiger partial charge in [-0.1, -0.05) is 12.1 Å². The van der Waals surface area contributed by atoms with E-state index in [2.05, 4.69) is 5.10 Å². The highest BCUT2D eigenvalue weighted by molar-refractivity contribution is 7.91. The molecular formula is C13H20N2OS. The summed E-state index contributed by atoms with van der Waals surface area (Å²) in [6.07, 6.45) is 0. The summed E-state index contributed by atoms with van der Waals surface area (Å²) >= 11 is -0.910. The number of rotatable bonds is 4. The molecule has 0 aliphatic heterocycles.